The first-order chi connectivity index (χ1) is 26.7. The first-order valence-corrected chi connectivity index (χ1v) is 18.4. The molecular formula is C42H48N6O8. The molecule has 2 N–H and O–H groups in total. The number of aromatic amines is 1. The summed E-state index contributed by atoms with van der Waals surface area (Å²) in [6.45, 7) is 10.2. The SMILES string of the molecule is CC[C@@H]1CN(C(=O)c2cc3cc(OCCN(C)C)ccc3o2)c2cc(OC(=O)N(C)C(C)(C)C(=O)N/N=C(\C)c3ccccc3)c3[nH]c(C)c(C(=O)OC)c3c21. The van der Waals surface area contributed by atoms with E-state index in [4.69, 9.17) is 18.6 Å². The van der Waals surface area contributed by atoms with E-state index in [0.717, 1.165) is 22.6 Å². The predicted molar refractivity (Wildman–Crippen MR) is 214 cm³/mol. The zero-order valence-corrected chi connectivity index (χ0v) is 33.2. The van der Waals surface area contributed by atoms with Gasteiger partial charge in [-0.1, -0.05) is 37.3 Å². The van der Waals surface area contributed by atoms with Gasteiger partial charge in [0.1, 0.15) is 23.5 Å². The number of fused-ring (bicyclic) bond motifs is 4. The Hall–Kier alpha value is -6.15. The van der Waals surface area contributed by atoms with Crippen molar-refractivity contribution in [3.63, 3.8) is 0 Å². The van der Waals surface area contributed by atoms with Crippen LogP contribution in [0.3, 0.4) is 0 Å². The molecule has 0 spiro atoms. The molecule has 5 aromatic rings. The lowest BCUT2D eigenvalue weighted by Gasteiger charge is -2.32. The fraction of sp³-hybridized carbons (Fsp3) is 0.357. The van der Waals surface area contributed by atoms with Crippen molar-refractivity contribution < 1.29 is 37.8 Å². The van der Waals surface area contributed by atoms with Gasteiger partial charge in [-0.05, 0) is 83.6 Å². The lowest BCUT2D eigenvalue weighted by molar-refractivity contribution is -0.129. The number of hydrazone groups is 1. The maximum atomic E-state index is 14.4. The van der Waals surface area contributed by atoms with Gasteiger partial charge in [0.15, 0.2) is 11.5 Å². The van der Waals surface area contributed by atoms with E-state index in [1.807, 2.05) is 62.3 Å². The first-order valence-electron chi connectivity index (χ1n) is 18.4. The van der Waals surface area contributed by atoms with Crippen molar-refractivity contribution in [2.24, 2.45) is 5.10 Å². The summed E-state index contributed by atoms with van der Waals surface area (Å²) in [5.74, 6) is -0.879. The summed E-state index contributed by atoms with van der Waals surface area (Å²) >= 11 is 0. The molecule has 3 aromatic carbocycles. The van der Waals surface area contributed by atoms with Crippen LogP contribution in [-0.4, -0.2) is 97.9 Å². The number of nitrogens with one attached hydrogen (secondary N) is 2. The van der Waals surface area contributed by atoms with Crippen LogP contribution in [0, 0.1) is 6.92 Å². The van der Waals surface area contributed by atoms with E-state index in [9.17, 15) is 19.2 Å². The van der Waals surface area contributed by atoms with E-state index in [0.29, 0.717) is 57.7 Å². The van der Waals surface area contributed by atoms with Crippen LogP contribution in [0.5, 0.6) is 11.5 Å². The molecule has 1 aliphatic rings. The van der Waals surface area contributed by atoms with Gasteiger partial charge in [-0.25, -0.2) is 15.0 Å². The molecule has 1 atom stereocenters. The third-order valence-electron chi connectivity index (χ3n) is 10.4. The van der Waals surface area contributed by atoms with Crippen molar-refractivity contribution in [1.82, 2.24) is 20.2 Å². The third-order valence-corrected chi connectivity index (χ3v) is 10.4. The second-order valence-electron chi connectivity index (χ2n) is 14.6. The smallest absolute Gasteiger partial charge is 0.415 e. The second-order valence-corrected chi connectivity index (χ2v) is 14.6. The maximum absolute atomic E-state index is 14.4. The van der Waals surface area contributed by atoms with Crippen LogP contribution in [0.25, 0.3) is 21.9 Å². The molecule has 0 saturated carbocycles. The van der Waals surface area contributed by atoms with Gasteiger partial charge in [0.05, 0.1) is 29.6 Å². The molecule has 6 rings (SSSR count). The van der Waals surface area contributed by atoms with Crippen LogP contribution in [0.15, 0.2) is 70.2 Å². The molecule has 1 aliphatic heterocycles. The molecule has 14 nitrogen and oxygen atoms in total. The number of carbonyl (C=O) groups excluding carboxylic acids is 4. The summed E-state index contributed by atoms with van der Waals surface area (Å²) in [7, 11) is 6.68. The predicted octanol–water partition coefficient (Wildman–Crippen LogP) is 6.85. The Balaban J connectivity index is 1.35. The first kappa shape index (κ1) is 39.5. The number of carbonyl (C=O) groups is 4. The van der Waals surface area contributed by atoms with Gasteiger partial charge in [0.25, 0.3) is 11.8 Å². The highest BCUT2D eigenvalue weighted by Crippen LogP contribution is 2.48. The van der Waals surface area contributed by atoms with Gasteiger partial charge in [-0.15, -0.1) is 0 Å². The Morgan fingerprint density at radius 1 is 1.05 bits per heavy atom. The molecule has 3 heterocycles. The molecule has 294 valence electrons. The average molecular weight is 765 g/mol. The van der Waals surface area contributed by atoms with Gasteiger partial charge >= 0.3 is 12.1 Å². The number of esters is 1. The van der Waals surface area contributed by atoms with Crippen LogP contribution in [-0.2, 0) is 9.53 Å². The number of hydrogen-bond donors (Lipinski definition) is 2. The number of furan rings is 1. The van der Waals surface area contributed by atoms with Crippen molar-refractivity contribution in [2.45, 2.75) is 52.5 Å². The second kappa shape index (κ2) is 15.9. The highest BCUT2D eigenvalue weighted by Gasteiger charge is 2.40. The maximum Gasteiger partial charge on any atom is 0.415 e. The highest BCUT2D eigenvalue weighted by atomic mass is 16.6. The number of ether oxygens (including phenoxy) is 3. The number of rotatable bonds is 12. The fourth-order valence-corrected chi connectivity index (χ4v) is 6.75. The summed E-state index contributed by atoms with van der Waals surface area (Å²) in [6.07, 6.45) is -0.215. The molecule has 0 radical (unpaired) electrons. The van der Waals surface area contributed by atoms with Crippen molar-refractivity contribution >= 4 is 57.1 Å². The van der Waals surface area contributed by atoms with E-state index in [2.05, 4.69) is 15.5 Å². The Morgan fingerprint density at radius 2 is 1.79 bits per heavy atom. The third kappa shape index (κ3) is 7.56. The number of aromatic nitrogens is 1. The number of benzene rings is 3. The summed E-state index contributed by atoms with van der Waals surface area (Å²) in [4.78, 5) is 63.0. The van der Waals surface area contributed by atoms with Crippen molar-refractivity contribution in [3.05, 3.63) is 88.8 Å². The number of H-pyrrole nitrogens is 1. The monoisotopic (exact) mass is 764 g/mol. The van der Waals surface area contributed by atoms with E-state index in [1.54, 1.807) is 56.9 Å². The molecule has 0 fully saturated rings. The number of amides is 3. The lowest BCUT2D eigenvalue weighted by atomic mass is 9.93. The van der Waals surface area contributed by atoms with Gasteiger partial charge in [-0.3, -0.25) is 14.5 Å². The quantitative estimate of drug-likeness (QED) is 0.0787. The van der Waals surface area contributed by atoms with E-state index in [-0.39, 0.29) is 29.5 Å². The Bertz CT molecular complexity index is 2340. The van der Waals surface area contributed by atoms with Crippen LogP contribution >= 0.6 is 0 Å². The van der Waals surface area contributed by atoms with Gasteiger partial charge < -0.3 is 33.4 Å². The molecule has 0 bridgehead atoms. The summed E-state index contributed by atoms with van der Waals surface area (Å²) in [5, 5.41) is 5.44. The topological polar surface area (TPSA) is 159 Å². The molecule has 14 heteroatoms. The lowest BCUT2D eigenvalue weighted by Crippen LogP contribution is -2.55. The Labute approximate surface area is 325 Å². The minimum absolute atomic E-state index is 0.0571. The van der Waals surface area contributed by atoms with Crippen LogP contribution < -0.4 is 19.8 Å². The molecule has 0 aliphatic carbocycles. The van der Waals surface area contributed by atoms with Crippen molar-refractivity contribution in [3.8, 4) is 11.5 Å². The minimum atomic E-state index is -1.41. The average Bonchev–Trinajstić information content (AvgIpc) is 3.88. The largest absolute Gasteiger partial charge is 0.492 e. The van der Waals surface area contributed by atoms with Gasteiger partial charge in [0.2, 0.25) is 0 Å². The van der Waals surface area contributed by atoms with Gasteiger partial charge in [0, 0.05) is 48.6 Å². The number of nitrogens with zero attached hydrogens (tertiary/aromatic N) is 4. The minimum Gasteiger partial charge on any atom is -0.492 e. The Morgan fingerprint density at radius 3 is 2.46 bits per heavy atom. The zero-order chi connectivity index (χ0) is 40.5. The van der Waals surface area contributed by atoms with Crippen LogP contribution in [0.1, 0.15) is 77.8 Å². The van der Waals surface area contributed by atoms with E-state index < -0.39 is 29.4 Å². The van der Waals surface area contributed by atoms with E-state index in [1.165, 1.54) is 14.2 Å². The normalized spacial score (nSPS) is 14.3. The summed E-state index contributed by atoms with van der Waals surface area (Å²) < 4.78 is 23.2. The summed E-state index contributed by atoms with van der Waals surface area (Å²) in [5.41, 5.74) is 5.45. The number of aryl methyl sites for hydroxylation is 1. The number of likely N-dealkylation sites (N-methyl/N-ethyl adjacent to an activating group) is 2. The molecule has 56 heavy (non-hydrogen) atoms. The molecule has 2 aromatic heterocycles. The fourth-order valence-electron chi connectivity index (χ4n) is 6.75. The van der Waals surface area contributed by atoms with Crippen molar-refractivity contribution in [2.75, 3.05) is 52.8 Å². The van der Waals surface area contributed by atoms with E-state index >= 15 is 0 Å². The molecule has 0 unspecified atom stereocenters. The molecule has 0 saturated heterocycles. The van der Waals surface area contributed by atoms with Crippen LogP contribution in [0.2, 0.25) is 0 Å². The Kier molecular flexibility index (Phi) is 11.2. The zero-order valence-electron chi connectivity index (χ0n) is 33.2. The van der Waals surface area contributed by atoms with Gasteiger partial charge in [-0.2, -0.15) is 5.10 Å². The highest BCUT2D eigenvalue weighted by molar-refractivity contribution is 6.15. The number of hydrogen-bond acceptors (Lipinski definition) is 10. The number of anilines is 1. The van der Waals surface area contributed by atoms with Crippen LogP contribution in [0.4, 0.5) is 10.5 Å². The molecule has 3 amide bonds. The van der Waals surface area contributed by atoms with Crippen molar-refractivity contribution in [1.29, 1.82) is 0 Å². The number of methoxy groups -OCH3 is 1. The summed E-state index contributed by atoms with van der Waals surface area (Å²) in [6, 6.07) is 18.1. The molecular weight excluding hydrogens is 716 g/mol. The standard InChI is InChI=1S/C42H48N6O8/c1-10-26-23-48(38(49)33-21-28-20-29(16-17-31(28)55-33)54-19-18-46(6)7)30-22-32(37-36(35(26)30)34(25(3)43-37)39(50)53-9)56-41(52)47(8)42(4,5)40(51)45-44-24(2)27-14-12-11-13-15-27/h11-17,20-22,26,43H,10,18-19,23H2,1-9H3,(H,45,51)/b44-24+/t26-/m1/s1.